The molecule has 2 N–H and O–H groups in total. The zero-order chi connectivity index (χ0) is 13.8. The number of hydrogen-bond acceptors (Lipinski definition) is 3. The Labute approximate surface area is 115 Å². The summed E-state index contributed by atoms with van der Waals surface area (Å²) < 4.78 is 5.71. The molecule has 0 saturated carbocycles. The van der Waals surface area contributed by atoms with E-state index in [0.29, 0.717) is 6.54 Å². The van der Waals surface area contributed by atoms with Gasteiger partial charge in [-0.1, -0.05) is 29.8 Å². The number of nitrogens with zero attached hydrogens (tertiary/aromatic N) is 1. The maximum Gasteiger partial charge on any atom is 0.118 e. The van der Waals surface area contributed by atoms with Crippen molar-refractivity contribution in [3.63, 3.8) is 0 Å². The van der Waals surface area contributed by atoms with E-state index in [0.717, 1.165) is 30.2 Å². The molecule has 0 fully saturated rings. The summed E-state index contributed by atoms with van der Waals surface area (Å²) in [5, 5.41) is 0. The van der Waals surface area contributed by atoms with E-state index in [1.165, 1.54) is 11.1 Å². The Morgan fingerprint density at radius 2 is 1.79 bits per heavy atom. The average molecular weight is 258 g/mol. The van der Waals surface area contributed by atoms with Gasteiger partial charge in [-0.2, -0.15) is 0 Å². The zero-order valence-electron chi connectivity index (χ0n) is 11.9. The van der Waals surface area contributed by atoms with Crippen molar-refractivity contribution in [3.8, 4) is 0 Å². The van der Waals surface area contributed by atoms with E-state index in [4.69, 9.17) is 10.2 Å². The summed E-state index contributed by atoms with van der Waals surface area (Å²) in [6.45, 7) is 6.32. The van der Waals surface area contributed by atoms with E-state index in [9.17, 15) is 0 Å². The van der Waals surface area contributed by atoms with Crippen molar-refractivity contribution >= 4 is 0 Å². The van der Waals surface area contributed by atoms with Crippen molar-refractivity contribution in [2.24, 2.45) is 5.73 Å². The van der Waals surface area contributed by atoms with Crippen LogP contribution in [0, 0.1) is 13.8 Å². The first-order valence-electron chi connectivity index (χ1n) is 6.61. The highest BCUT2D eigenvalue weighted by molar-refractivity contribution is 5.22. The second-order valence-corrected chi connectivity index (χ2v) is 5.16. The molecule has 0 saturated heterocycles. The molecule has 0 spiro atoms. The maximum absolute atomic E-state index is 5.71. The highest BCUT2D eigenvalue weighted by atomic mass is 16.3. The second kappa shape index (κ2) is 6.04. The molecule has 1 aromatic heterocycles. The topological polar surface area (TPSA) is 42.4 Å². The Hall–Kier alpha value is -1.58. The predicted molar refractivity (Wildman–Crippen MR) is 77.7 cm³/mol. The molecule has 0 amide bonds. The first-order valence-corrected chi connectivity index (χ1v) is 6.61. The number of furan rings is 1. The molecule has 0 aliphatic heterocycles. The van der Waals surface area contributed by atoms with Gasteiger partial charge in [0.05, 0.1) is 6.54 Å². The van der Waals surface area contributed by atoms with E-state index in [2.05, 4.69) is 49.2 Å². The van der Waals surface area contributed by atoms with Crippen LogP contribution in [0.3, 0.4) is 0 Å². The molecule has 1 aromatic carbocycles. The monoisotopic (exact) mass is 258 g/mol. The molecule has 3 heteroatoms. The molecule has 0 bridgehead atoms. The quantitative estimate of drug-likeness (QED) is 0.896. The Balaban J connectivity index is 1.96. The first-order chi connectivity index (χ1) is 9.08. The van der Waals surface area contributed by atoms with Crippen LogP contribution in [0.4, 0.5) is 0 Å². The molecule has 102 valence electrons. The van der Waals surface area contributed by atoms with Crippen molar-refractivity contribution < 1.29 is 4.42 Å². The lowest BCUT2D eigenvalue weighted by Crippen LogP contribution is -2.16. The van der Waals surface area contributed by atoms with Gasteiger partial charge < -0.3 is 10.2 Å². The number of hydrogen-bond donors (Lipinski definition) is 1. The molecule has 0 radical (unpaired) electrons. The number of nitrogens with two attached hydrogens (primary N) is 1. The minimum atomic E-state index is 0.539. The minimum absolute atomic E-state index is 0.539. The van der Waals surface area contributed by atoms with Gasteiger partial charge in [0.2, 0.25) is 0 Å². The Morgan fingerprint density at radius 3 is 2.37 bits per heavy atom. The van der Waals surface area contributed by atoms with Crippen LogP contribution < -0.4 is 5.73 Å². The summed E-state index contributed by atoms with van der Waals surface area (Å²) in [7, 11) is 2.10. The second-order valence-electron chi connectivity index (χ2n) is 5.16. The van der Waals surface area contributed by atoms with E-state index in [1.807, 2.05) is 6.92 Å². The lowest BCUT2D eigenvalue weighted by atomic mass is 10.1. The molecular formula is C16H22N2O. The number of benzene rings is 1. The third kappa shape index (κ3) is 3.69. The molecule has 19 heavy (non-hydrogen) atoms. The highest BCUT2D eigenvalue weighted by Crippen LogP contribution is 2.16. The standard InChI is InChI=1S/C16H22N2O/c1-12-4-6-14(7-5-12)10-18(3)11-16-8-15(9-17)13(2)19-16/h4-8H,9-11,17H2,1-3H3. The van der Waals surface area contributed by atoms with Gasteiger partial charge in [-0.25, -0.2) is 0 Å². The van der Waals surface area contributed by atoms with E-state index in [1.54, 1.807) is 0 Å². The summed E-state index contributed by atoms with van der Waals surface area (Å²) >= 11 is 0. The summed E-state index contributed by atoms with van der Waals surface area (Å²) in [6.07, 6.45) is 0. The smallest absolute Gasteiger partial charge is 0.118 e. The fourth-order valence-electron chi connectivity index (χ4n) is 2.20. The normalized spacial score (nSPS) is 11.2. The molecular weight excluding hydrogens is 236 g/mol. The van der Waals surface area contributed by atoms with Crippen molar-refractivity contribution in [3.05, 3.63) is 58.5 Å². The van der Waals surface area contributed by atoms with Gasteiger partial charge in [0.25, 0.3) is 0 Å². The molecule has 1 heterocycles. The van der Waals surface area contributed by atoms with Gasteiger partial charge in [0.15, 0.2) is 0 Å². The van der Waals surface area contributed by atoms with E-state index >= 15 is 0 Å². The van der Waals surface area contributed by atoms with Crippen molar-refractivity contribution in [2.75, 3.05) is 7.05 Å². The SMILES string of the molecule is Cc1ccc(CN(C)Cc2cc(CN)c(C)o2)cc1. The summed E-state index contributed by atoms with van der Waals surface area (Å²) in [6, 6.07) is 10.7. The lowest BCUT2D eigenvalue weighted by molar-refractivity contribution is 0.285. The molecule has 0 atom stereocenters. The molecule has 0 unspecified atom stereocenters. The molecule has 2 aromatic rings. The third-order valence-electron chi connectivity index (χ3n) is 3.29. The summed E-state index contributed by atoms with van der Waals surface area (Å²) in [5.41, 5.74) is 9.36. The third-order valence-corrected chi connectivity index (χ3v) is 3.29. The fourth-order valence-corrected chi connectivity index (χ4v) is 2.20. The van der Waals surface area contributed by atoms with Crippen molar-refractivity contribution in [1.29, 1.82) is 0 Å². The van der Waals surface area contributed by atoms with Gasteiger partial charge in [0, 0.05) is 18.7 Å². The Bertz CT molecular complexity index is 528. The van der Waals surface area contributed by atoms with Crippen LogP contribution >= 0.6 is 0 Å². The van der Waals surface area contributed by atoms with Crippen molar-refractivity contribution in [2.45, 2.75) is 33.5 Å². The fraction of sp³-hybridized carbons (Fsp3) is 0.375. The number of rotatable bonds is 5. The van der Waals surface area contributed by atoms with Crippen LogP contribution in [0.2, 0.25) is 0 Å². The predicted octanol–water partition coefficient (Wildman–Crippen LogP) is 2.99. The van der Waals surface area contributed by atoms with E-state index in [-0.39, 0.29) is 0 Å². The molecule has 0 aliphatic rings. The van der Waals surface area contributed by atoms with Gasteiger partial charge in [-0.15, -0.1) is 0 Å². The average Bonchev–Trinajstić information content (AvgIpc) is 2.72. The van der Waals surface area contributed by atoms with Crippen LogP contribution in [-0.4, -0.2) is 11.9 Å². The van der Waals surface area contributed by atoms with Crippen LogP contribution in [0.25, 0.3) is 0 Å². The summed E-state index contributed by atoms with van der Waals surface area (Å²) in [4.78, 5) is 2.24. The zero-order valence-corrected chi connectivity index (χ0v) is 11.9. The van der Waals surface area contributed by atoms with E-state index < -0.39 is 0 Å². The minimum Gasteiger partial charge on any atom is -0.465 e. The lowest BCUT2D eigenvalue weighted by Gasteiger charge is -2.15. The Kier molecular flexibility index (Phi) is 4.40. The number of aryl methyl sites for hydroxylation is 2. The maximum atomic E-state index is 5.71. The first kappa shape index (κ1) is 13.8. The highest BCUT2D eigenvalue weighted by Gasteiger charge is 2.08. The van der Waals surface area contributed by atoms with Crippen LogP contribution in [0.15, 0.2) is 34.7 Å². The van der Waals surface area contributed by atoms with Gasteiger partial charge in [-0.3, -0.25) is 4.90 Å². The molecule has 0 aliphatic carbocycles. The van der Waals surface area contributed by atoms with Crippen LogP contribution in [0.1, 0.15) is 28.2 Å². The van der Waals surface area contributed by atoms with Gasteiger partial charge in [0.1, 0.15) is 11.5 Å². The summed E-state index contributed by atoms with van der Waals surface area (Å²) in [5.74, 6) is 1.91. The van der Waals surface area contributed by atoms with Crippen molar-refractivity contribution in [1.82, 2.24) is 4.90 Å². The molecule has 3 nitrogen and oxygen atoms in total. The van der Waals surface area contributed by atoms with Crippen LogP contribution in [0.5, 0.6) is 0 Å². The largest absolute Gasteiger partial charge is 0.465 e. The Morgan fingerprint density at radius 1 is 1.11 bits per heavy atom. The van der Waals surface area contributed by atoms with Gasteiger partial charge in [-0.05, 0) is 32.5 Å². The van der Waals surface area contributed by atoms with Crippen LogP contribution in [-0.2, 0) is 19.6 Å². The molecule has 2 rings (SSSR count). The van der Waals surface area contributed by atoms with Gasteiger partial charge >= 0.3 is 0 Å².